The summed E-state index contributed by atoms with van der Waals surface area (Å²) >= 11 is 1.45. The van der Waals surface area contributed by atoms with Gasteiger partial charge < -0.3 is 15.7 Å². The number of rotatable bonds is 8. The summed E-state index contributed by atoms with van der Waals surface area (Å²) in [6, 6.07) is 6.27. The summed E-state index contributed by atoms with van der Waals surface area (Å²) in [7, 11) is 0. The molecule has 1 heterocycles. The maximum atomic E-state index is 12.9. The van der Waals surface area contributed by atoms with Gasteiger partial charge >= 0.3 is 12.1 Å². The summed E-state index contributed by atoms with van der Waals surface area (Å²) in [5.74, 6) is -1.29. The number of hydrogen-bond donors (Lipinski definition) is 3. The van der Waals surface area contributed by atoms with E-state index in [9.17, 15) is 27.9 Å². The van der Waals surface area contributed by atoms with Gasteiger partial charge in [0, 0.05) is 11.9 Å². The Morgan fingerprint density at radius 2 is 2.00 bits per heavy atom. The molecule has 0 spiro atoms. The lowest BCUT2D eigenvalue weighted by Gasteiger charge is -2.16. The lowest BCUT2D eigenvalue weighted by molar-refractivity contribution is -0.139. The van der Waals surface area contributed by atoms with Gasteiger partial charge in [0.15, 0.2) is 0 Å². The Balaban J connectivity index is 2.23. The average molecular weight is 413 g/mol. The Kier molecular flexibility index (Phi) is 7.27. The fourth-order valence-corrected chi connectivity index (χ4v) is 2.80. The van der Waals surface area contributed by atoms with Gasteiger partial charge in [-0.25, -0.2) is 9.78 Å². The highest BCUT2D eigenvalue weighted by Gasteiger charge is 2.30. The number of aliphatic carboxylic acids is 1. The standard InChI is InChI=1S/C18H18F3N3O3S/c1-28-9-7-14(17(26)27)24-16(25)13-6-3-8-22-15(13)23-12-5-2-4-11(10-12)18(19,20)21/h2-6,8,10,14H,7,9H2,1H3,(H,22,23)(H,24,25)(H,26,27). The van der Waals surface area contributed by atoms with Crippen LogP contribution in [0.1, 0.15) is 22.3 Å². The molecule has 150 valence electrons. The molecule has 1 unspecified atom stereocenters. The van der Waals surface area contributed by atoms with E-state index in [0.717, 1.165) is 12.1 Å². The number of benzene rings is 1. The third kappa shape index (κ3) is 5.88. The van der Waals surface area contributed by atoms with Crippen molar-refractivity contribution in [1.82, 2.24) is 10.3 Å². The molecule has 1 aromatic carbocycles. The predicted molar refractivity (Wildman–Crippen MR) is 101 cm³/mol. The van der Waals surface area contributed by atoms with Crippen molar-refractivity contribution in [2.75, 3.05) is 17.3 Å². The normalized spacial score (nSPS) is 12.3. The first-order valence-corrected chi connectivity index (χ1v) is 9.53. The highest BCUT2D eigenvalue weighted by Crippen LogP contribution is 2.31. The molecule has 2 aromatic rings. The number of alkyl halides is 3. The van der Waals surface area contributed by atoms with Crippen LogP contribution in [0.3, 0.4) is 0 Å². The van der Waals surface area contributed by atoms with Crippen molar-refractivity contribution in [3.8, 4) is 0 Å². The maximum absolute atomic E-state index is 12.9. The van der Waals surface area contributed by atoms with Gasteiger partial charge in [-0.3, -0.25) is 4.79 Å². The van der Waals surface area contributed by atoms with Gasteiger partial charge in [-0.2, -0.15) is 24.9 Å². The van der Waals surface area contributed by atoms with Gasteiger partial charge in [0.2, 0.25) is 0 Å². The minimum Gasteiger partial charge on any atom is -0.480 e. The van der Waals surface area contributed by atoms with E-state index in [1.165, 1.54) is 42.2 Å². The van der Waals surface area contributed by atoms with E-state index in [1.54, 1.807) is 0 Å². The van der Waals surface area contributed by atoms with Crippen LogP contribution in [0.25, 0.3) is 0 Å². The number of nitrogens with zero attached hydrogens (tertiary/aromatic N) is 1. The highest BCUT2D eigenvalue weighted by molar-refractivity contribution is 7.98. The van der Waals surface area contributed by atoms with E-state index in [2.05, 4.69) is 15.6 Å². The first-order valence-electron chi connectivity index (χ1n) is 8.14. The second-order valence-electron chi connectivity index (χ2n) is 5.75. The van der Waals surface area contributed by atoms with Gasteiger partial charge in [-0.15, -0.1) is 0 Å². The second-order valence-corrected chi connectivity index (χ2v) is 6.73. The molecule has 0 radical (unpaired) electrons. The molecule has 0 aliphatic carbocycles. The van der Waals surface area contributed by atoms with Gasteiger partial charge in [0.25, 0.3) is 5.91 Å². The van der Waals surface area contributed by atoms with Crippen LogP contribution in [-0.2, 0) is 11.0 Å². The summed E-state index contributed by atoms with van der Waals surface area (Å²) in [6.07, 6.45) is -1.08. The molecule has 1 aromatic heterocycles. The number of nitrogens with one attached hydrogen (secondary N) is 2. The fourth-order valence-electron chi connectivity index (χ4n) is 2.33. The second kappa shape index (κ2) is 9.45. The molecule has 10 heteroatoms. The number of carboxylic acid groups (broad SMARTS) is 1. The topological polar surface area (TPSA) is 91.3 Å². The molecule has 0 saturated heterocycles. The quantitative estimate of drug-likeness (QED) is 0.610. The van der Waals surface area contributed by atoms with Crippen molar-refractivity contribution >= 4 is 35.1 Å². The van der Waals surface area contributed by atoms with Gasteiger partial charge in [-0.05, 0) is 48.8 Å². The van der Waals surface area contributed by atoms with E-state index in [0.29, 0.717) is 5.75 Å². The van der Waals surface area contributed by atoms with Gasteiger partial charge in [0.1, 0.15) is 11.9 Å². The summed E-state index contributed by atoms with van der Waals surface area (Å²) in [4.78, 5) is 27.8. The molecule has 1 amide bonds. The van der Waals surface area contributed by atoms with Gasteiger partial charge in [0.05, 0.1) is 11.1 Å². The van der Waals surface area contributed by atoms with Crippen LogP contribution in [0.5, 0.6) is 0 Å². The van der Waals surface area contributed by atoms with E-state index in [1.807, 2.05) is 6.26 Å². The molecule has 0 fully saturated rings. The lowest BCUT2D eigenvalue weighted by Crippen LogP contribution is -2.41. The van der Waals surface area contributed by atoms with Crippen molar-refractivity contribution in [2.45, 2.75) is 18.6 Å². The Hall–Kier alpha value is -2.75. The van der Waals surface area contributed by atoms with Crippen molar-refractivity contribution < 1.29 is 27.9 Å². The summed E-state index contributed by atoms with van der Waals surface area (Å²) in [5, 5.41) is 14.4. The summed E-state index contributed by atoms with van der Waals surface area (Å²) in [5.41, 5.74) is -0.725. The Bertz CT molecular complexity index is 846. The number of aromatic nitrogens is 1. The molecule has 2 rings (SSSR count). The number of carboxylic acids is 1. The monoisotopic (exact) mass is 413 g/mol. The summed E-state index contributed by atoms with van der Waals surface area (Å²) < 4.78 is 38.6. The zero-order valence-corrected chi connectivity index (χ0v) is 15.6. The lowest BCUT2D eigenvalue weighted by atomic mass is 10.1. The molecule has 0 aliphatic heterocycles. The molecular formula is C18H18F3N3O3S. The third-order valence-corrected chi connectivity index (χ3v) is 4.36. The van der Waals surface area contributed by atoms with Crippen LogP contribution in [0, 0.1) is 0 Å². The number of anilines is 2. The first kappa shape index (κ1) is 21.5. The molecule has 0 saturated carbocycles. The Morgan fingerprint density at radius 1 is 1.25 bits per heavy atom. The number of amides is 1. The van der Waals surface area contributed by atoms with Crippen molar-refractivity contribution in [2.24, 2.45) is 0 Å². The molecule has 1 atom stereocenters. The molecule has 0 aliphatic rings. The zero-order valence-electron chi connectivity index (χ0n) is 14.8. The fraction of sp³-hybridized carbons (Fsp3) is 0.278. The van der Waals surface area contributed by atoms with E-state index >= 15 is 0 Å². The van der Waals surface area contributed by atoms with Crippen molar-refractivity contribution in [3.05, 3.63) is 53.7 Å². The number of thioether (sulfide) groups is 1. The number of hydrogen-bond acceptors (Lipinski definition) is 5. The average Bonchev–Trinajstić information content (AvgIpc) is 2.64. The van der Waals surface area contributed by atoms with Crippen LogP contribution in [0.4, 0.5) is 24.7 Å². The van der Waals surface area contributed by atoms with Gasteiger partial charge in [-0.1, -0.05) is 6.07 Å². The SMILES string of the molecule is CSCCC(NC(=O)c1cccnc1Nc1cccc(C(F)(F)F)c1)C(=O)O. The number of carbonyl (C=O) groups is 2. The summed E-state index contributed by atoms with van der Waals surface area (Å²) in [6.45, 7) is 0. The van der Waals surface area contributed by atoms with Crippen molar-refractivity contribution in [3.63, 3.8) is 0 Å². The molecule has 6 nitrogen and oxygen atoms in total. The predicted octanol–water partition coefficient (Wildman–Crippen LogP) is 3.78. The first-order chi connectivity index (χ1) is 13.2. The van der Waals surface area contributed by atoms with Crippen LogP contribution in [0.2, 0.25) is 0 Å². The molecular weight excluding hydrogens is 395 g/mol. The number of halogens is 3. The number of carbonyl (C=O) groups excluding carboxylic acids is 1. The minimum absolute atomic E-state index is 0.0216. The Labute approximate surface area is 163 Å². The molecule has 3 N–H and O–H groups in total. The molecule has 0 bridgehead atoms. The Morgan fingerprint density at radius 3 is 2.64 bits per heavy atom. The maximum Gasteiger partial charge on any atom is 0.416 e. The minimum atomic E-state index is -4.51. The third-order valence-electron chi connectivity index (χ3n) is 3.72. The van der Waals surface area contributed by atoms with Crippen LogP contribution < -0.4 is 10.6 Å². The van der Waals surface area contributed by atoms with Crippen LogP contribution >= 0.6 is 11.8 Å². The van der Waals surface area contributed by atoms with E-state index in [4.69, 9.17) is 0 Å². The van der Waals surface area contributed by atoms with E-state index < -0.39 is 29.7 Å². The largest absolute Gasteiger partial charge is 0.480 e. The smallest absolute Gasteiger partial charge is 0.416 e. The van der Waals surface area contributed by atoms with Crippen LogP contribution in [-0.4, -0.2) is 40.0 Å². The zero-order chi connectivity index (χ0) is 20.7. The number of pyridine rings is 1. The highest BCUT2D eigenvalue weighted by atomic mass is 32.2. The van der Waals surface area contributed by atoms with E-state index in [-0.39, 0.29) is 23.5 Å². The van der Waals surface area contributed by atoms with Crippen LogP contribution in [0.15, 0.2) is 42.6 Å². The van der Waals surface area contributed by atoms with Crippen molar-refractivity contribution in [1.29, 1.82) is 0 Å². The molecule has 28 heavy (non-hydrogen) atoms.